The van der Waals surface area contributed by atoms with Gasteiger partial charge in [-0.2, -0.15) is 0 Å². The average Bonchev–Trinajstić information content (AvgIpc) is 3.27. The molecule has 0 spiro atoms. The van der Waals surface area contributed by atoms with Crippen molar-refractivity contribution in [2.24, 2.45) is 5.16 Å². The number of aromatic carboxylic acids is 1. The van der Waals surface area contributed by atoms with E-state index in [4.69, 9.17) is 9.57 Å². The minimum Gasteiger partial charge on any atom is -0.478 e. The fraction of sp³-hybridized carbons (Fsp3) is 0.172. The fourth-order valence-corrected chi connectivity index (χ4v) is 3.72. The molecule has 0 atom stereocenters. The molecule has 0 aliphatic carbocycles. The summed E-state index contributed by atoms with van der Waals surface area (Å²) < 4.78 is 7.83. The van der Waals surface area contributed by atoms with Crippen molar-refractivity contribution in [2.45, 2.75) is 26.3 Å². The topological polar surface area (TPSA) is 73.1 Å². The molecule has 0 radical (unpaired) electrons. The van der Waals surface area contributed by atoms with Crippen LogP contribution in [-0.4, -0.2) is 28.0 Å². The van der Waals surface area contributed by atoms with Gasteiger partial charge in [-0.3, -0.25) is 0 Å². The van der Waals surface area contributed by atoms with E-state index in [1.807, 2.05) is 103 Å². The molecule has 0 saturated carbocycles. The van der Waals surface area contributed by atoms with Gasteiger partial charge in [0, 0.05) is 18.0 Å². The molecular weight excluding hydrogens is 440 g/mol. The SMILES string of the molecule is CCCO/N=C(\Cn1cc(Cc2ccccc2)c(C(=O)O)c1)c1cccc(Oc2ccccc2)c1. The molecule has 0 fully saturated rings. The normalized spacial score (nSPS) is 11.3. The molecule has 0 aliphatic rings. The van der Waals surface area contributed by atoms with E-state index in [2.05, 4.69) is 5.16 Å². The number of hydrogen-bond acceptors (Lipinski definition) is 4. The maximum atomic E-state index is 11.9. The molecule has 6 heteroatoms. The lowest BCUT2D eigenvalue weighted by Gasteiger charge is -2.11. The summed E-state index contributed by atoms with van der Waals surface area (Å²) in [6.45, 7) is 2.87. The number of nitrogens with zero attached hydrogens (tertiary/aromatic N) is 2. The first-order valence-corrected chi connectivity index (χ1v) is 11.6. The van der Waals surface area contributed by atoms with E-state index in [0.29, 0.717) is 31.0 Å². The Bertz CT molecular complexity index is 1280. The highest BCUT2D eigenvalue weighted by atomic mass is 16.6. The van der Waals surface area contributed by atoms with Crippen LogP contribution in [0.15, 0.2) is 102 Å². The molecule has 0 unspecified atom stereocenters. The molecule has 1 heterocycles. The van der Waals surface area contributed by atoms with Gasteiger partial charge in [-0.15, -0.1) is 0 Å². The van der Waals surface area contributed by atoms with Gasteiger partial charge in [0.25, 0.3) is 0 Å². The first kappa shape index (κ1) is 23.8. The maximum Gasteiger partial charge on any atom is 0.337 e. The van der Waals surface area contributed by atoms with Gasteiger partial charge in [-0.25, -0.2) is 4.79 Å². The van der Waals surface area contributed by atoms with E-state index < -0.39 is 5.97 Å². The number of hydrogen-bond donors (Lipinski definition) is 1. The zero-order valence-electron chi connectivity index (χ0n) is 19.6. The Morgan fingerprint density at radius 1 is 0.914 bits per heavy atom. The van der Waals surface area contributed by atoms with Gasteiger partial charge in [-0.1, -0.05) is 72.7 Å². The second-order valence-corrected chi connectivity index (χ2v) is 8.15. The highest BCUT2D eigenvalue weighted by Gasteiger charge is 2.16. The Morgan fingerprint density at radius 3 is 2.34 bits per heavy atom. The monoisotopic (exact) mass is 468 g/mol. The van der Waals surface area contributed by atoms with Crippen LogP contribution in [0, 0.1) is 0 Å². The molecule has 4 rings (SSSR count). The predicted octanol–water partition coefficient (Wildman–Crippen LogP) is 6.40. The molecular formula is C29H28N2O4. The van der Waals surface area contributed by atoms with Crippen molar-refractivity contribution in [3.63, 3.8) is 0 Å². The van der Waals surface area contributed by atoms with E-state index in [1.54, 1.807) is 6.20 Å². The van der Waals surface area contributed by atoms with Crippen molar-refractivity contribution in [1.29, 1.82) is 0 Å². The smallest absolute Gasteiger partial charge is 0.337 e. The zero-order chi connectivity index (χ0) is 24.5. The van der Waals surface area contributed by atoms with Crippen molar-refractivity contribution in [3.8, 4) is 11.5 Å². The second-order valence-electron chi connectivity index (χ2n) is 8.15. The number of oxime groups is 1. The van der Waals surface area contributed by atoms with E-state index in [9.17, 15) is 9.90 Å². The van der Waals surface area contributed by atoms with Crippen LogP contribution in [-0.2, 0) is 17.8 Å². The summed E-state index contributed by atoms with van der Waals surface area (Å²) in [6.07, 6.45) is 4.90. The summed E-state index contributed by atoms with van der Waals surface area (Å²) >= 11 is 0. The summed E-state index contributed by atoms with van der Waals surface area (Å²) in [5.74, 6) is 0.474. The van der Waals surface area contributed by atoms with Crippen molar-refractivity contribution >= 4 is 11.7 Å². The lowest BCUT2D eigenvalue weighted by atomic mass is 10.0. The predicted molar refractivity (Wildman–Crippen MR) is 136 cm³/mol. The van der Waals surface area contributed by atoms with Crippen molar-refractivity contribution in [1.82, 2.24) is 4.57 Å². The summed E-state index contributed by atoms with van der Waals surface area (Å²) in [5, 5.41) is 14.2. The van der Waals surface area contributed by atoms with Gasteiger partial charge in [0.1, 0.15) is 23.8 Å². The van der Waals surface area contributed by atoms with Crippen LogP contribution >= 0.6 is 0 Å². The quantitative estimate of drug-likeness (QED) is 0.157. The molecule has 0 aliphatic heterocycles. The van der Waals surface area contributed by atoms with Gasteiger partial charge >= 0.3 is 5.97 Å². The number of para-hydroxylation sites is 1. The number of carboxylic acids is 1. The highest BCUT2D eigenvalue weighted by Crippen LogP contribution is 2.23. The van der Waals surface area contributed by atoms with Gasteiger partial charge in [0.2, 0.25) is 0 Å². The molecule has 4 aromatic rings. The Kier molecular flexibility index (Phi) is 7.96. The second kappa shape index (κ2) is 11.7. The third kappa shape index (κ3) is 6.60. The molecule has 1 N–H and O–H groups in total. The van der Waals surface area contributed by atoms with E-state index >= 15 is 0 Å². The van der Waals surface area contributed by atoms with E-state index in [-0.39, 0.29) is 5.56 Å². The molecule has 6 nitrogen and oxygen atoms in total. The fourth-order valence-electron chi connectivity index (χ4n) is 3.72. The maximum absolute atomic E-state index is 11.9. The summed E-state index contributed by atoms with van der Waals surface area (Å²) in [7, 11) is 0. The van der Waals surface area contributed by atoms with Crippen LogP contribution in [0.3, 0.4) is 0 Å². The van der Waals surface area contributed by atoms with Gasteiger partial charge in [0.15, 0.2) is 0 Å². The number of aromatic nitrogens is 1. The Labute approximate surface area is 205 Å². The van der Waals surface area contributed by atoms with Crippen LogP contribution in [0.2, 0.25) is 0 Å². The van der Waals surface area contributed by atoms with Crippen LogP contribution in [0.4, 0.5) is 0 Å². The lowest BCUT2D eigenvalue weighted by Crippen LogP contribution is -2.12. The molecule has 0 saturated heterocycles. The third-order valence-corrected chi connectivity index (χ3v) is 5.38. The van der Waals surface area contributed by atoms with Crippen LogP contribution < -0.4 is 4.74 Å². The Balaban J connectivity index is 1.61. The lowest BCUT2D eigenvalue weighted by molar-refractivity contribution is 0.0696. The van der Waals surface area contributed by atoms with E-state index in [0.717, 1.165) is 28.9 Å². The van der Waals surface area contributed by atoms with Crippen LogP contribution in [0.1, 0.15) is 40.4 Å². The molecule has 178 valence electrons. The molecule has 35 heavy (non-hydrogen) atoms. The van der Waals surface area contributed by atoms with Gasteiger partial charge < -0.3 is 19.2 Å². The largest absolute Gasteiger partial charge is 0.478 e. The zero-order valence-corrected chi connectivity index (χ0v) is 19.6. The average molecular weight is 469 g/mol. The molecule has 0 bridgehead atoms. The first-order valence-electron chi connectivity index (χ1n) is 11.6. The number of carboxylic acid groups (broad SMARTS) is 1. The summed E-state index contributed by atoms with van der Waals surface area (Å²) in [6, 6.07) is 27.1. The van der Waals surface area contributed by atoms with E-state index in [1.165, 1.54) is 0 Å². The minimum atomic E-state index is -0.950. The van der Waals surface area contributed by atoms with Crippen molar-refractivity contribution in [3.05, 3.63) is 120 Å². The molecule has 1 aromatic heterocycles. The number of carbonyl (C=O) groups is 1. The van der Waals surface area contributed by atoms with Crippen molar-refractivity contribution in [2.75, 3.05) is 6.61 Å². The Morgan fingerprint density at radius 2 is 1.63 bits per heavy atom. The molecule has 0 amide bonds. The van der Waals surface area contributed by atoms with Crippen LogP contribution in [0.5, 0.6) is 11.5 Å². The van der Waals surface area contributed by atoms with Gasteiger partial charge in [0.05, 0.1) is 12.1 Å². The highest BCUT2D eigenvalue weighted by molar-refractivity contribution is 6.00. The first-order chi connectivity index (χ1) is 17.1. The number of rotatable bonds is 11. The Hall–Kier alpha value is -4.32. The number of benzene rings is 3. The minimum absolute atomic E-state index is 0.281. The molecule has 3 aromatic carbocycles. The standard InChI is InChI=1S/C29H28N2O4/c1-2-16-34-30-28(23-12-9-15-26(18-23)35-25-13-7-4-8-14-25)21-31-19-24(27(20-31)29(32)33)17-22-10-5-3-6-11-22/h3-15,18-20H,2,16-17,21H2,1H3,(H,32,33)/b30-28+. The third-order valence-electron chi connectivity index (χ3n) is 5.38. The van der Waals surface area contributed by atoms with Crippen molar-refractivity contribution < 1.29 is 19.5 Å². The van der Waals surface area contributed by atoms with Gasteiger partial charge in [-0.05, 0) is 48.2 Å². The van der Waals surface area contributed by atoms with Crippen LogP contribution in [0.25, 0.3) is 0 Å². The summed E-state index contributed by atoms with van der Waals surface area (Å²) in [4.78, 5) is 17.5. The summed E-state index contributed by atoms with van der Waals surface area (Å²) in [5.41, 5.74) is 3.60. The number of ether oxygens (including phenoxy) is 1.